The van der Waals surface area contributed by atoms with Crippen molar-refractivity contribution >= 4 is 7.60 Å². The van der Waals surface area contributed by atoms with E-state index >= 15 is 0 Å². The fourth-order valence-corrected chi connectivity index (χ4v) is 3.00. The van der Waals surface area contributed by atoms with Gasteiger partial charge < -0.3 is 9.42 Å². The molecule has 0 aliphatic carbocycles. The highest BCUT2D eigenvalue weighted by atomic mass is 31.2. The van der Waals surface area contributed by atoms with Crippen LogP contribution in [0.4, 0.5) is 0 Å². The molecular weight excluding hydrogens is 261 g/mol. The van der Waals surface area contributed by atoms with Crippen molar-refractivity contribution in [2.45, 2.75) is 59.8 Å². The summed E-state index contributed by atoms with van der Waals surface area (Å²) < 4.78 is 17.2. The molecule has 5 heteroatoms. The highest BCUT2D eigenvalue weighted by Crippen LogP contribution is 2.42. The van der Waals surface area contributed by atoms with Crippen molar-refractivity contribution in [3.63, 3.8) is 0 Å². The number of hydrogen-bond donors (Lipinski definition) is 1. The molecule has 0 saturated carbocycles. The highest BCUT2D eigenvalue weighted by Gasteiger charge is 2.23. The monoisotopic (exact) mass is 293 g/mol. The van der Waals surface area contributed by atoms with Gasteiger partial charge in [0.2, 0.25) is 0 Å². The first kappa shape index (κ1) is 19.1. The van der Waals surface area contributed by atoms with Gasteiger partial charge in [-0.15, -0.1) is 0 Å². The quantitative estimate of drug-likeness (QED) is 0.550. The van der Waals surface area contributed by atoms with Gasteiger partial charge in [-0.25, -0.2) is 0 Å². The zero-order chi connectivity index (χ0) is 14.7. The molecule has 0 spiro atoms. The van der Waals surface area contributed by atoms with E-state index in [1.807, 2.05) is 0 Å². The summed E-state index contributed by atoms with van der Waals surface area (Å²) >= 11 is 0. The van der Waals surface area contributed by atoms with Crippen LogP contribution in [-0.2, 0) is 9.09 Å². The Morgan fingerprint density at radius 3 is 2.11 bits per heavy atom. The molecule has 1 atom stereocenters. The number of rotatable bonds is 12. The molecule has 0 aliphatic heterocycles. The lowest BCUT2D eigenvalue weighted by atomic mass is 10.2. The zero-order valence-electron chi connectivity index (χ0n) is 13.1. The largest absolute Gasteiger partial charge is 0.341 e. The summed E-state index contributed by atoms with van der Waals surface area (Å²) in [6.45, 7) is 10.6. The van der Waals surface area contributed by atoms with Crippen molar-refractivity contribution < 1.29 is 14.0 Å². The van der Waals surface area contributed by atoms with Crippen LogP contribution < -0.4 is 0 Å². The van der Waals surface area contributed by atoms with Crippen molar-refractivity contribution in [1.82, 2.24) is 4.90 Å². The smallest absolute Gasteiger partial charge is 0.323 e. The van der Waals surface area contributed by atoms with Crippen molar-refractivity contribution in [3.8, 4) is 0 Å². The molecule has 1 N–H and O–H groups in total. The Morgan fingerprint density at radius 2 is 1.68 bits per heavy atom. The summed E-state index contributed by atoms with van der Waals surface area (Å²) in [6, 6.07) is 0. The molecule has 1 unspecified atom stereocenters. The number of nitrogens with zero attached hydrogens (tertiary/aromatic N) is 1. The first-order valence-electron chi connectivity index (χ1n) is 7.60. The third kappa shape index (κ3) is 11.6. The van der Waals surface area contributed by atoms with Gasteiger partial charge in [0.15, 0.2) is 0 Å². The van der Waals surface area contributed by atoms with Gasteiger partial charge in [0.25, 0.3) is 0 Å². The lowest BCUT2D eigenvalue weighted by Crippen LogP contribution is -2.27. The van der Waals surface area contributed by atoms with Crippen molar-refractivity contribution in [3.05, 3.63) is 0 Å². The van der Waals surface area contributed by atoms with Gasteiger partial charge in [-0.05, 0) is 38.3 Å². The lowest BCUT2D eigenvalue weighted by molar-refractivity contribution is 0.214. The molecule has 0 aromatic carbocycles. The van der Waals surface area contributed by atoms with Gasteiger partial charge in [-0.3, -0.25) is 9.46 Å². The minimum atomic E-state index is -3.46. The van der Waals surface area contributed by atoms with Crippen molar-refractivity contribution in [1.29, 1.82) is 0 Å². The van der Waals surface area contributed by atoms with Crippen LogP contribution in [-0.4, -0.2) is 35.8 Å². The van der Waals surface area contributed by atoms with Gasteiger partial charge in [-0.2, -0.15) is 0 Å². The van der Waals surface area contributed by atoms with Crippen LogP contribution >= 0.6 is 7.60 Å². The second-order valence-corrected chi connectivity index (χ2v) is 7.44. The van der Waals surface area contributed by atoms with Crippen LogP contribution in [0.25, 0.3) is 0 Å². The number of hydrogen-bond acceptors (Lipinski definition) is 3. The fourth-order valence-electron chi connectivity index (χ4n) is 1.74. The van der Waals surface area contributed by atoms with Crippen LogP contribution in [0.1, 0.15) is 59.8 Å². The zero-order valence-corrected chi connectivity index (χ0v) is 14.0. The van der Waals surface area contributed by atoms with E-state index in [0.717, 1.165) is 45.2 Å². The van der Waals surface area contributed by atoms with E-state index in [1.165, 1.54) is 0 Å². The molecule has 0 aromatic rings. The molecular formula is C14H32NO3P. The van der Waals surface area contributed by atoms with Gasteiger partial charge >= 0.3 is 7.60 Å². The van der Waals surface area contributed by atoms with E-state index in [-0.39, 0.29) is 6.29 Å². The molecule has 0 rings (SSSR count). The molecule has 0 fully saturated rings. The van der Waals surface area contributed by atoms with E-state index in [2.05, 4.69) is 32.6 Å². The van der Waals surface area contributed by atoms with E-state index < -0.39 is 7.60 Å². The predicted molar refractivity (Wildman–Crippen MR) is 81.5 cm³/mol. The minimum absolute atomic E-state index is 0.172. The van der Waals surface area contributed by atoms with E-state index in [1.54, 1.807) is 0 Å². The summed E-state index contributed by atoms with van der Waals surface area (Å²) in [6.07, 6.45) is 5.34. The normalized spacial score (nSPS) is 15.1. The summed E-state index contributed by atoms with van der Waals surface area (Å²) in [5.74, 6) is 0.497. The van der Waals surface area contributed by atoms with E-state index in [0.29, 0.717) is 12.5 Å². The van der Waals surface area contributed by atoms with Crippen LogP contribution in [0.2, 0.25) is 0 Å². The van der Waals surface area contributed by atoms with E-state index in [4.69, 9.17) is 4.52 Å². The minimum Gasteiger partial charge on any atom is -0.323 e. The number of unbranched alkanes of at least 4 members (excludes halogenated alkanes) is 2. The highest BCUT2D eigenvalue weighted by molar-refractivity contribution is 7.52. The van der Waals surface area contributed by atoms with Crippen LogP contribution in [0.3, 0.4) is 0 Å². The Bertz CT molecular complexity index is 251. The average Bonchev–Trinajstić information content (AvgIpc) is 2.31. The second kappa shape index (κ2) is 10.8. The first-order chi connectivity index (χ1) is 8.91. The van der Waals surface area contributed by atoms with Crippen molar-refractivity contribution in [2.24, 2.45) is 5.92 Å². The summed E-state index contributed by atoms with van der Waals surface area (Å²) in [5.41, 5.74) is 0. The Balaban J connectivity index is 4.15. The maximum absolute atomic E-state index is 12.0. The van der Waals surface area contributed by atoms with Crippen molar-refractivity contribution in [2.75, 3.05) is 26.0 Å². The SMILES string of the molecule is CCCCN(CCCC)CP(=O)(O)OCCC(C)C. The summed E-state index contributed by atoms with van der Waals surface area (Å²) in [5, 5.41) is 0. The Morgan fingerprint density at radius 1 is 1.16 bits per heavy atom. The molecule has 0 saturated heterocycles. The molecule has 116 valence electrons. The molecule has 0 radical (unpaired) electrons. The van der Waals surface area contributed by atoms with Gasteiger partial charge in [0.05, 0.1) is 6.61 Å². The third-order valence-electron chi connectivity index (χ3n) is 3.02. The fraction of sp³-hybridized carbons (Fsp3) is 1.00. The second-order valence-electron chi connectivity index (χ2n) is 5.62. The molecule has 4 nitrogen and oxygen atoms in total. The van der Waals surface area contributed by atoms with Crippen LogP contribution in [0.5, 0.6) is 0 Å². The topological polar surface area (TPSA) is 49.8 Å². The third-order valence-corrected chi connectivity index (χ3v) is 4.37. The van der Waals surface area contributed by atoms with Crippen LogP contribution in [0.15, 0.2) is 0 Å². The Labute approximate surface area is 119 Å². The first-order valence-corrected chi connectivity index (χ1v) is 9.36. The van der Waals surface area contributed by atoms with Gasteiger partial charge in [0.1, 0.15) is 6.29 Å². The molecule has 0 heterocycles. The summed E-state index contributed by atoms with van der Waals surface area (Å²) in [7, 11) is -3.46. The average molecular weight is 293 g/mol. The van der Waals surface area contributed by atoms with Crippen LogP contribution in [0, 0.1) is 5.92 Å². The molecule has 0 amide bonds. The van der Waals surface area contributed by atoms with Gasteiger partial charge in [0, 0.05) is 0 Å². The maximum atomic E-state index is 12.0. The maximum Gasteiger partial charge on any atom is 0.341 e. The lowest BCUT2D eigenvalue weighted by Gasteiger charge is -2.24. The van der Waals surface area contributed by atoms with E-state index in [9.17, 15) is 9.46 Å². The molecule has 0 aliphatic rings. The standard InChI is InChI=1S/C14H32NO3P/c1-5-7-10-15(11-8-6-2)13-19(16,17)18-12-9-14(3)4/h14H,5-13H2,1-4H3,(H,16,17). The molecule has 19 heavy (non-hydrogen) atoms. The van der Waals surface area contributed by atoms with Gasteiger partial charge in [-0.1, -0.05) is 40.5 Å². The molecule has 0 bridgehead atoms. The summed E-state index contributed by atoms with van der Waals surface area (Å²) in [4.78, 5) is 12.0. The predicted octanol–water partition coefficient (Wildman–Crippen LogP) is 4.09. The molecule has 0 aromatic heterocycles. The Hall–Kier alpha value is 0.110. The Kier molecular flexibility index (Phi) is 10.9.